The van der Waals surface area contributed by atoms with Crippen molar-refractivity contribution in [2.75, 3.05) is 0 Å². The molecule has 3 heteroatoms. The molecule has 0 bridgehead atoms. The zero-order valence-electron chi connectivity index (χ0n) is 7.27. The minimum atomic E-state index is 0. The molecule has 1 aromatic heterocycles. The van der Waals surface area contributed by atoms with Gasteiger partial charge in [-0.05, 0) is 5.56 Å². The summed E-state index contributed by atoms with van der Waals surface area (Å²) in [6.07, 6.45) is 4.49. The second kappa shape index (κ2) is 5.16. The summed E-state index contributed by atoms with van der Waals surface area (Å²) in [7, 11) is 0. The Morgan fingerprint density at radius 3 is 2.54 bits per heavy atom. The van der Waals surface area contributed by atoms with E-state index >= 15 is 0 Å². The van der Waals surface area contributed by atoms with Gasteiger partial charge >= 0.3 is 0 Å². The van der Waals surface area contributed by atoms with E-state index < -0.39 is 0 Å². The van der Waals surface area contributed by atoms with Gasteiger partial charge in [-0.2, -0.15) is 0 Å². The van der Waals surface area contributed by atoms with Crippen LogP contribution in [0.4, 0.5) is 0 Å². The number of H-pyrrole nitrogens is 1. The predicted octanol–water partition coefficient (Wildman–Crippen LogP) is 1.62. The number of rotatable bonds is 2. The Kier molecular flexibility index (Phi) is 4.14. The van der Waals surface area contributed by atoms with E-state index in [9.17, 15) is 0 Å². The average molecular weight is 363 g/mol. The van der Waals surface area contributed by atoms with Crippen LogP contribution in [0.3, 0.4) is 0 Å². The van der Waals surface area contributed by atoms with Crippen molar-refractivity contribution in [1.29, 1.82) is 0 Å². The molecular weight excluding hydrogens is 353 g/mol. The number of nitrogens with one attached hydrogen (secondary N) is 1. The number of aromatic amines is 1. The maximum absolute atomic E-state index is 3.96. The minimum absolute atomic E-state index is 0. The van der Waals surface area contributed by atoms with Gasteiger partial charge in [0.1, 0.15) is 0 Å². The first-order chi connectivity index (χ1) is 5.95. The fourth-order valence-corrected chi connectivity index (χ4v) is 1.20. The summed E-state index contributed by atoms with van der Waals surface area (Å²) in [6, 6.07) is 10.3. The van der Waals surface area contributed by atoms with Gasteiger partial charge in [0.15, 0.2) is 0 Å². The van der Waals surface area contributed by atoms with Crippen LogP contribution in [0.1, 0.15) is 11.3 Å². The van der Waals surface area contributed by atoms with Crippen molar-refractivity contribution in [2.45, 2.75) is 6.42 Å². The monoisotopic (exact) mass is 363 g/mol. The molecule has 0 aliphatic heterocycles. The molecule has 1 aromatic carbocycles. The Balaban J connectivity index is 0.000000845. The second-order valence-electron chi connectivity index (χ2n) is 2.74. The molecule has 0 unspecified atom stereocenters. The van der Waals surface area contributed by atoms with Gasteiger partial charge in [0.25, 0.3) is 0 Å². The molecule has 2 nitrogen and oxygen atoms in total. The fraction of sp³-hybridized carbons (Fsp3) is 0.100. The van der Waals surface area contributed by atoms with Crippen molar-refractivity contribution >= 4 is 27.3 Å². The van der Waals surface area contributed by atoms with Gasteiger partial charge in [-0.15, -0.1) is 0 Å². The van der Waals surface area contributed by atoms with Crippen molar-refractivity contribution < 1.29 is 0 Å². The van der Waals surface area contributed by atoms with Gasteiger partial charge in [0, 0.05) is 45.6 Å². The van der Waals surface area contributed by atoms with Crippen molar-refractivity contribution in [2.24, 2.45) is 0 Å². The van der Waals surface area contributed by atoms with Gasteiger partial charge in [0.2, 0.25) is 0 Å². The Morgan fingerprint density at radius 2 is 1.92 bits per heavy atom. The molecule has 0 aliphatic carbocycles. The van der Waals surface area contributed by atoms with Crippen molar-refractivity contribution in [3.8, 4) is 0 Å². The maximum atomic E-state index is 3.96. The molecule has 0 saturated heterocycles. The third-order valence-electron chi connectivity index (χ3n) is 1.79. The van der Waals surface area contributed by atoms with Gasteiger partial charge < -0.3 is 4.98 Å². The van der Waals surface area contributed by atoms with Crippen molar-refractivity contribution in [1.82, 2.24) is 9.97 Å². The zero-order valence-corrected chi connectivity index (χ0v) is 11.8. The summed E-state index contributed by atoms with van der Waals surface area (Å²) in [5.41, 5.74) is 2.46. The summed E-state index contributed by atoms with van der Waals surface area (Å²) in [6.45, 7) is 0. The predicted molar refractivity (Wildman–Crippen MR) is 53.6 cm³/mol. The average Bonchev–Trinajstić information content (AvgIpc) is 2.59. The largest absolute Gasteiger partial charge is 0.348 e. The Bertz CT molecular complexity index is 329. The Morgan fingerprint density at radius 1 is 1.15 bits per heavy atom. The van der Waals surface area contributed by atoms with Gasteiger partial charge in [-0.25, -0.2) is 4.98 Å². The van der Waals surface area contributed by atoms with E-state index in [0.29, 0.717) is 0 Å². The van der Waals surface area contributed by atoms with Crippen molar-refractivity contribution in [3.05, 3.63) is 54.1 Å². The third-order valence-corrected chi connectivity index (χ3v) is 1.79. The number of benzene rings is 1. The normalized spacial score (nSPS) is 9.23. The molecule has 0 atom stereocenters. The first kappa shape index (κ1) is 10.4. The van der Waals surface area contributed by atoms with E-state index in [4.69, 9.17) is 0 Å². The topological polar surface area (TPSA) is 28.7 Å². The van der Waals surface area contributed by atoms with Gasteiger partial charge in [-0.3, -0.25) is 0 Å². The van der Waals surface area contributed by atoms with E-state index in [1.54, 1.807) is 6.33 Å². The smallest absolute Gasteiger partial charge is 0.0921 e. The molecular formula is C10H10N2Tl. The van der Waals surface area contributed by atoms with E-state index in [-0.39, 0.29) is 27.3 Å². The molecule has 1 heterocycles. The molecule has 0 amide bonds. The SMILES string of the molecule is [Tl].c1ccc(Cc2cnc[nH]2)cc1. The van der Waals surface area contributed by atoms with E-state index in [2.05, 4.69) is 22.1 Å². The van der Waals surface area contributed by atoms with Crippen LogP contribution in [0.5, 0.6) is 0 Å². The molecule has 2 rings (SSSR count). The molecule has 0 saturated carbocycles. The second-order valence-corrected chi connectivity index (χ2v) is 2.74. The van der Waals surface area contributed by atoms with Crippen LogP contribution in [-0.4, -0.2) is 37.3 Å². The van der Waals surface area contributed by atoms with Gasteiger partial charge in [0.05, 0.1) is 6.33 Å². The van der Waals surface area contributed by atoms with Gasteiger partial charge in [-0.1, -0.05) is 30.3 Å². The Hall–Kier alpha value is -0.648. The molecule has 1 N–H and O–H groups in total. The quantitative estimate of drug-likeness (QED) is 0.808. The molecule has 1 radical (unpaired) electrons. The van der Waals surface area contributed by atoms with Crippen molar-refractivity contribution in [3.63, 3.8) is 0 Å². The summed E-state index contributed by atoms with van der Waals surface area (Å²) in [4.78, 5) is 7.04. The number of imidazole rings is 1. The summed E-state index contributed by atoms with van der Waals surface area (Å²) >= 11 is 0. The molecule has 0 aliphatic rings. The third kappa shape index (κ3) is 2.95. The first-order valence-electron chi connectivity index (χ1n) is 3.96. The number of aromatic nitrogens is 2. The van der Waals surface area contributed by atoms with Crippen LogP contribution in [-0.2, 0) is 6.42 Å². The zero-order chi connectivity index (χ0) is 8.23. The number of hydrogen-bond acceptors (Lipinski definition) is 1. The van der Waals surface area contributed by atoms with E-state index in [0.717, 1.165) is 12.1 Å². The van der Waals surface area contributed by atoms with Crippen LogP contribution >= 0.6 is 0 Å². The van der Waals surface area contributed by atoms with Crippen LogP contribution in [0.2, 0.25) is 0 Å². The first-order valence-corrected chi connectivity index (χ1v) is 3.96. The fourth-order valence-electron chi connectivity index (χ4n) is 1.20. The maximum Gasteiger partial charge on any atom is 0.0921 e. The van der Waals surface area contributed by atoms with Crippen LogP contribution < -0.4 is 0 Å². The van der Waals surface area contributed by atoms with Crippen LogP contribution in [0.15, 0.2) is 42.9 Å². The molecule has 2 aromatic rings. The number of hydrogen-bond donors (Lipinski definition) is 1. The van der Waals surface area contributed by atoms with Crippen LogP contribution in [0, 0.1) is 0 Å². The molecule has 0 fully saturated rings. The van der Waals surface area contributed by atoms with Crippen LogP contribution in [0.25, 0.3) is 0 Å². The molecule has 63 valence electrons. The molecule has 13 heavy (non-hydrogen) atoms. The minimum Gasteiger partial charge on any atom is -0.348 e. The van der Waals surface area contributed by atoms with E-state index in [1.165, 1.54) is 5.56 Å². The standard InChI is InChI=1S/C10H10N2.Tl/c1-2-4-9(5-3-1)6-10-7-11-8-12-10;/h1-5,7-8H,6H2,(H,11,12);. The Labute approximate surface area is 97.6 Å². The number of nitrogens with zero attached hydrogens (tertiary/aromatic N) is 1. The molecule has 0 spiro atoms. The van der Waals surface area contributed by atoms with E-state index in [1.807, 2.05) is 24.4 Å². The summed E-state index contributed by atoms with van der Waals surface area (Å²) < 4.78 is 0. The summed E-state index contributed by atoms with van der Waals surface area (Å²) in [5.74, 6) is 0. The summed E-state index contributed by atoms with van der Waals surface area (Å²) in [5, 5.41) is 0.